The Morgan fingerprint density at radius 1 is 1.00 bits per heavy atom. The number of hydrogen-bond donors (Lipinski definition) is 2. The zero-order valence-corrected chi connectivity index (χ0v) is 21.4. The predicted octanol–water partition coefficient (Wildman–Crippen LogP) is 1.98. The molecule has 1 atom stereocenters. The topological polar surface area (TPSA) is 63.2 Å². The van der Waals surface area contributed by atoms with Gasteiger partial charge in [0.25, 0.3) is 0 Å². The van der Waals surface area contributed by atoms with E-state index in [1.165, 1.54) is 58.5 Å². The molecule has 0 radical (unpaired) electrons. The molecule has 3 rings (SSSR count). The lowest BCUT2D eigenvalue weighted by atomic mass is 10.1. The number of rotatable bonds is 8. The SMILES string of the molecule is CCN1CCN(CCCCNC(=NC)NC2CCN(C(=O)C3CCCC3)C2)CC1.I. The maximum Gasteiger partial charge on any atom is 0.225 e. The van der Waals surface area contributed by atoms with Crippen molar-refractivity contribution in [1.29, 1.82) is 0 Å². The molecular weight excluding hydrogens is 491 g/mol. The van der Waals surface area contributed by atoms with Gasteiger partial charge < -0.3 is 25.3 Å². The second kappa shape index (κ2) is 13.7. The Kier molecular flexibility index (Phi) is 11.7. The second-order valence-electron chi connectivity index (χ2n) is 8.88. The molecule has 7 nitrogen and oxygen atoms in total. The summed E-state index contributed by atoms with van der Waals surface area (Å²) in [5.41, 5.74) is 0. The fourth-order valence-corrected chi connectivity index (χ4v) is 4.89. The molecule has 0 spiro atoms. The van der Waals surface area contributed by atoms with Crippen LogP contribution < -0.4 is 10.6 Å². The summed E-state index contributed by atoms with van der Waals surface area (Å²) >= 11 is 0. The number of halogens is 1. The van der Waals surface area contributed by atoms with E-state index < -0.39 is 0 Å². The Morgan fingerprint density at radius 3 is 2.37 bits per heavy atom. The predicted molar refractivity (Wildman–Crippen MR) is 135 cm³/mol. The van der Waals surface area contributed by atoms with Gasteiger partial charge in [-0.1, -0.05) is 19.8 Å². The largest absolute Gasteiger partial charge is 0.356 e. The molecule has 8 heteroatoms. The standard InChI is InChI=1S/C22H42N6O.HI/c1-3-26-14-16-27(17-15-26)12-7-6-11-24-22(23-2)25-20-10-13-28(18-20)21(29)19-8-4-5-9-19;/h19-20H,3-18H2,1-2H3,(H2,23,24,25);1H. The smallest absolute Gasteiger partial charge is 0.225 e. The van der Waals surface area contributed by atoms with Crippen LogP contribution in [0, 0.1) is 5.92 Å². The van der Waals surface area contributed by atoms with Gasteiger partial charge in [-0.05, 0) is 45.2 Å². The molecule has 0 aromatic rings. The highest BCUT2D eigenvalue weighted by atomic mass is 127. The van der Waals surface area contributed by atoms with Crippen LogP contribution >= 0.6 is 24.0 Å². The highest BCUT2D eigenvalue weighted by Crippen LogP contribution is 2.27. The van der Waals surface area contributed by atoms with Crippen LogP contribution in [0.5, 0.6) is 0 Å². The molecule has 1 amide bonds. The van der Waals surface area contributed by atoms with Gasteiger partial charge in [-0.3, -0.25) is 9.79 Å². The van der Waals surface area contributed by atoms with Gasteiger partial charge in [-0.25, -0.2) is 0 Å². The summed E-state index contributed by atoms with van der Waals surface area (Å²) in [6, 6.07) is 0.321. The monoisotopic (exact) mass is 534 g/mol. The van der Waals surface area contributed by atoms with Crippen LogP contribution in [0.3, 0.4) is 0 Å². The van der Waals surface area contributed by atoms with E-state index in [1.807, 2.05) is 7.05 Å². The molecule has 1 unspecified atom stereocenters. The highest BCUT2D eigenvalue weighted by molar-refractivity contribution is 14.0. The molecule has 30 heavy (non-hydrogen) atoms. The van der Waals surface area contributed by atoms with Crippen LogP contribution in [0.25, 0.3) is 0 Å². The average Bonchev–Trinajstić information content (AvgIpc) is 3.45. The van der Waals surface area contributed by atoms with E-state index in [0.717, 1.165) is 51.3 Å². The summed E-state index contributed by atoms with van der Waals surface area (Å²) in [5, 5.41) is 6.98. The summed E-state index contributed by atoms with van der Waals surface area (Å²) < 4.78 is 0. The van der Waals surface area contributed by atoms with E-state index in [4.69, 9.17) is 0 Å². The van der Waals surface area contributed by atoms with Crippen LogP contribution in [0.1, 0.15) is 51.9 Å². The van der Waals surface area contributed by atoms with E-state index in [2.05, 4.69) is 37.2 Å². The van der Waals surface area contributed by atoms with Crippen LogP contribution in [-0.4, -0.2) is 98.6 Å². The van der Waals surface area contributed by atoms with Gasteiger partial charge in [0.2, 0.25) is 5.91 Å². The third-order valence-electron chi connectivity index (χ3n) is 6.87. The fourth-order valence-electron chi connectivity index (χ4n) is 4.89. The maximum absolute atomic E-state index is 12.6. The number of piperazine rings is 1. The zero-order chi connectivity index (χ0) is 20.5. The van der Waals surface area contributed by atoms with E-state index in [1.54, 1.807) is 0 Å². The lowest BCUT2D eigenvalue weighted by molar-refractivity contribution is -0.134. The number of guanidine groups is 1. The van der Waals surface area contributed by atoms with Gasteiger partial charge in [0, 0.05) is 64.8 Å². The summed E-state index contributed by atoms with van der Waals surface area (Å²) in [6.45, 7) is 12.1. The molecule has 0 aromatic heterocycles. The number of hydrogen-bond acceptors (Lipinski definition) is 4. The maximum atomic E-state index is 12.6. The minimum absolute atomic E-state index is 0. The molecule has 3 aliphatic rings. The second-order valence-corrected chi connectivity index (χ2v) is 8.88. The van der Waals surface area contributed by atoms with Gasteiger partial charge in [0.15, 0.2) is 5.96 Å². The molecule has 1 saturated carbocycles. The lowest BCUT2D eigenvalue weighted by Crippen LogP contribution is -2.46. The summed E-state index contributed by atoms with van der Waals surface area (Å²) in [7, 11) is 1.83. The van der Waals surface area contributed by atoms with Gasteiger partial charge in [-0.2, -0.15) is 0 Å². The minimum atomic E-state index is 0. The molecule has 2 saturated heterocycles. The zero-order valence-electron chi connectivity index (χ0n) is 19.1. The van der Waals surface area contributed by atoms with Crippen molar-refractivity contribution in [3.63, 3.8) is 0 Å². The number of amides is 1. The molecule has 174 valence electrons. The molecule has 2 N–H and O–H groups in total. The number of aliphatic imine (C=N–C) groups is 1. The van der Waals surface area contributed by atoms with Crippen molar-refractivity contribution in [3.8, 4) is 0 Å². The van der Waals surface area contributed by atoms with Crippen molar-refractivity contribution < 1.29 is 4.79 Å². The first-order valence-electron chi connectivity index (χ1n) is 11.9. The molecule has 0 bridgehead atoms. The lowest BCUT2D eigenvalue weighted by Gasteiger charge is -2.34. The van der Waals surface area contributed by atoms with Gasteiger partial charge in [0.1, 0.15) is 0 Å². The molecule has 1 aliphatic carbocycles. The number of nitrogens with zero attached hydrogens (tertiary/aromatic N) is 4. The highest BCUT2D eigenvalue weighted by Gasteiger charge is 2.32. The molecular formula is C22H43IN6O. The summed E-state index contributed by atoms with van der Waals surface area (Å²) in [6.07, 6.45) is 8.02. The van der Waals surface area contributed by atoms with Gasteiger partial charge in [-0.15, -0.1) is 24.0 Å². The molecule has 2 aliphatic heterocycles. The van der Waals surface area contributed by atoms with Gasteiger partial charge in [0.05, 0.1) is 0 Å². The number of carbonyl (C=O) groups excluding carboxylic acids is 1. The first-order valence-corrected chi connectivity index (χ1v) is 11.9. The van der Waals surface area contributed by atoms with E-state index in [9.17, 15) is 4.79 Å². The Morgan fingerprint density at radius 2 is 1.70 bits per heavy atom. The molecule has 3 fully saturated rings. The Balaban J connectivity index is 0.00000320. The van der Waals surface area contributed by atoms with Gasteiger partial charge >= 0.3 is 0 Å². The molecule has 0 aromatic carbocycles. The van der Waals surface area contributed by atoms with Crippen molar-refractivity contribution in [2.75, 3.05) is 66.0 Å². The number of likely N-dealkylation sites (tertiary alicyclic amines) is 1. The first kappa shape index (κ1) is 25.6. The van der Waals surface area contributed by atoms with Crippen molar-refractivity contribution in [1.82, 2.24) is 25.3 Å². The van der Waals surface area contributed by atoms with E-state index in [0.29, 0.717) is 11.9 Å². The minimum Gasteiger partial charge on any atom is -0.356 e. The number of unbranched alkanes of at least 4 members (excludes halogenated alkanes) is 1. The average molecular weight is 535 g/mol. The third kappa shape index (κ3) is 7.82. The summed E-state index contributed by atoms with van der Waals surface area (Å²) in [5.74, 6) is 1.55. The van der Waals surface area contributed by atoms with Crippen molar-refractivity contribution in [3.05, 3.63) is 0 Å². The first-order chi connectivity index (χ1) is 14.2. The van der Waals surface area contributed by atoms with E-state index in [-0.39, 0.29) is 29.9 Å². The third-order valence-corrected chi connectivity index (χ3v) is 6.87. The van der Waals surface area contributed by atoms with Crippen LogP contribution in [0.15, 0.2) is 4.99 Å². The van der Waals surface area contributed by atoms with Crippen molar-refractivity contribution in [2.45, 2.75) is 57.9 Å². The Hall–Kier alpha value is -0.610. The van der Waals surface area contributed by atoms with Crippen LogP contribution in [0.4, 0.5) is 0 Å². The fraction of sp³-hybridized carbons (Fsp3) is 0.909. The Labute approximate surface area is 200 Å². The normalized spacial score (nSPS) is 24.1. The molecule has 2 heterocycles. The van der Waals surface area contributed by atoms with Crippen LogP contribution in [-0.2, 0) is 4.79 Å². The van der Waals surface area contributed by atoms with Crippen molar-refractivity contribution in [2.24, 2.45) is 10.9 Å². The quantitative estimate of drug-likeness (QED) is 0.216. The number of nitrogens with one attached hydrogen (secondary N) is 2. The number of likely N-dealkylation sites (N-methyl/N-ethyl adjacent to an activating group) is 1. The number of carbonyl (C=O) groups is 1. The van der Waals surface area contributed by atoms with Crippen LogP contribution in [0.2, 0.25) is 0 Å². The van der Waals surface area contributed by atoms with E-state index >= 15 is 0 Å². The summed E-state index contributed by atoms with van der Waals surface area (Å²) in [4.78, 5) is 24.2. The Bertz CT molecular complexity index is 532. The van der Waals surface area contributed by atoms with Crippen molar-refractivity contribution >= 4 is 35.8 Å².